The zero-order chi connectivity index (χ0) is 13.8. The first-order chi connectivity index (χ1) is 9.10. The molecule has 0 aromatic heterocycles. The topological polar surface area (TPSA) is 35.2 Å². The summed E-state index contributed by atoms with van der Waals surface area (Å²) in [5.74, 6) is 0.753. The van der Waals surface area contributed by atoms with Crippen LogP contribution < -0.4 is 10.5 Å². The van der Waals surface area contributed by atoms with Crippen molar-refractivity contribution in [3.8, 4) is 11.5 Å². The molecule has 4 heteroatoms. The van der Waals surface area contributed by atoms with Gasteiger partial charge in [-0.2, -0.15) is 0 Å². The van der Waals surface area contributed by atoms with Crippen molar-refractivity contribution in [1.29, 1.82) is 0 Å². The van der Waals surface area contributed by atoms with E-state index in [1.165, 1.54) is 18.2 Å². The predicted octanol–water partition coefficient (Wildman–Crippen LogP) is 3.81. The van der Waals surface area contributed by atoms with Crippen LogP contribution in [0, 0.1) is 5.82 Å². The lowest BCUT2D eigenvalue weighted by Gasteiger charge is -2.11. The second-order valence-corrected chi connectivity index (χ2v) is 4.55. The van der Waals surface area contributed by atoms with Gasteiger partial charge in [0.15, 0.2) is 0 Å². The second-order valence-electron chi connectivity index (χ2n) is 4.11. The summed E-state index contributed by atoms with van der Waals surface area (Å²) >= 11 is 4.91. The van der Waals surface area contributed by atoms with E-state index in [1.807, 2.05) is 24.3 Å². The molecule has 2 aromatic rings. The molecule has 0 unspecified atom stereocenters. The Bertz CT molecular complexity index is 613. The average Bonchev–Trinajstić information content (AvgIpc) is 2.41. The van der Waals surface area contributed by atoms with E-state index in [4.69, 9.17) is 22.7 Å². The largest absolute Gasteiger partial charge is 0.457 e. The van der Waals surface area contributed by atoms with Crippen LogP contribution in [0.25, 0.3) is 0 Å². The molecule has 98 valence electrons. The highest BCUT2D eigenvalue weighted by molar-refractivity contribution is 7.80. The van der Waals surface area contributed by atoms with Crippen molar-refractivity contribution in [2.24, 2.45) is 5.73 Å². The van der Waals surface area contributed by atoms with E-state index < -0.39 is 5.82 Å². The summed E-state index contributed by atoms with van der Waals surface area (Å²) in [6, 6.07) is 11.8. The molecular weight excluding hydrogens is 261 g/mol. The third-order valence-corrected chi connectivity index (χ3v) is 2.96. The summed E-state index contributed by atoms with van der Waals surface area (Å²) in [4.78, 5) is 0.112. The van der Waals surface area contributed by atoms with Gasteiger partial charge in [0.25, 0.3) is 0 Å². The fraction of sp³-hybridized carbons (Fsp3) is 0.133. The highest BCUT2D eigenvalue weighted by Crippen LogP contribution is 2.26. The van der Waals surface area contributed by atoms with Gasteiger partial charge in [-0.3, -0.25) is 0 Å². The normalized spacial score (nSPS) is 10.2. The van der Waals surface area contributed by atoms with Gasteiger partial charge in [0.1, 0.15) is 22.3 Å². The molecule has 0 atom stereocenters. The Kier molecular flexibility index (Phi) is 4.12. The number of thiocarbonyl (C=S) groups is 1. The van der Waals surface area contributed by atoms with E-state index in [2.05, 4.69) is 6.92 Å². The molecule has 0 radical (unpaired) electrons. The molecule has 0 saturated heterocycles. The molecule has 2 nitrogen and oxygen atoms in total. The molecule has 0 aliphatic rings. The minimum Gasteiger partial charge on any atom is -0.457 e. The van der Waals surface area contributed by atoms with Crippen molar-refractivity contribution in [2.45, 2.75) is 13.3 Å². The van der Waals surface area contributed by atoms with Crippen molar-refractivity contribution < 1.29 is 9.13 Å². The Morgan fingerprint density at radius 2 is 2.05 bits per heavy atom. The molecule has 2 aromatic carbocycles. The Morgan fingerprint density at radius 1 is 1.26 bits per heavy atom. The summed E-state index contributed by atoms with van der Waals surface area (Å²) in [6.07, 6.45) is 0.919. The first kappa shape index (κ1) is 13.5. The van der Waals surface area contributed by atoms with Crippen molar-refractivity contribution in [3.05, 3.63) is 59.4 Å². The predicted molar refractivity (Wildman–Crippen MR) is 78.2 cm³/mol. The molecule has 0 aliphatic heterocycles. The molecule has 19 heavy (non-hydrogen) atoms. The molecule has 0 bridgehead atoms. The fourth-order valence-electron chi connectivity index (χ4n) is 1.74. The lowest BCUT2D eigenvalue weighted by molar-refractivity contribution is 0.479. The maximum Gasteiger partial charge on any atom is 0.137 e. The Morgan fingerprint density at radius 3 is 2.74 bits per heavy atom. The minimum atomic E-state index is -0.391. The number of halogens is 1. The van der Waals surface area contributed by atoms with Crippen molar-refractivity contribution in [3.63, 3.8) is 0 Å². The van der Waals surface area contributed by atoms with Crippen LogP contribution in [0.3, 0.4) is 0 Å². The summed E-state index contributed by atoms with van der Waals surface area (Å²) in [6.45, 7) is 2.07. The monoisotopic (exact) mass is 275 g/mol. The Hall–Kier alpha value is -1.94. The van der Waals surface area contributed by atoms with Crippen LogP contribution in [0.2, 0.25) is 0 Å². The van der Waals surface area contributed by atoms with E-state index in [0.717, 1.165) is 12.0 Å². The molecule has 0 aliphatic carbocycles. The zero-order valence-corrected chi connectivity index (χ0v) is 11.3. The fourth-order valence-corrected chi connectivity index (χ4v) is 1.90. The highest BCUT2D eigenvalue weighted by atomic mass is 32.1. The smallest absolute Gasteiger partial charge is 0.137 e. The third kappa shape index (κ3) is 3.29. The molecule has 0 saturated carbocycles. The van der Waals surface area contributed by atoms with Crippen LogP contribution in [0.4, 0.5) is 4.39 Å². The molecule has 0 spiro atoms. The van der Waals surface area contributed by atoms with Crippen LogP contribution >= 0.6 is 12.2 Å². The maximum absolute atomic E-state index is 13.2. The van der Waals surface area contributed by atoms with E-state index in [9.17, 15) is 4.39 Å². The first-order valence-electron chi connectivity index (χ1n) is 5.96. The summed E-state index contributed by atoms with van der Waals surface area (Å²) in [5.41, 5.74) is 7.14. The first-order valence-corrected chi connectivity index (χ1v) is 6.37. The van der Waals surface area contributed by atoms with Crippen molar-refractivity contribution >= 4 is 17.2 Å². The van der Waals surface area contributed by atoms with Gasteiger partial charge >= 0.3 is 0 Å². The number of hydrogen-bond acceptors (Lipinski definition) is 2. The van der Waals surface area contributed by atoms with Crippen LogP contribution in [0.5, 0.6) is 11.5 Å². The van der Waals surface area contributed by atoms with Gasteiger partial charge < -0.3 is 10.5 Å². The molecule has 0 heterocycles. The van der Waals surface area contributed by atoms with E-state index in [0.29, 0.717) is 17.1 Å². The number of aryl methyl sites for hydroxylation is 1. The van der Waals surface area contributed by atoms with Gasteiger partial charge in [0, 0.05) is 0 Å². The van der Waals surface area contributed by atoms with Crippen molar-refractivity contribution in [2.75, 3.05) is 0 Å². The van der Waals surface area contributed by atoms with Gasteiger partial charge in [-0.25, -0.2) is 4.39 Å². The second kappa shape index (κ2) is 5.80. The number of benzene rings is 2. The van der Waals surface area contributed by atoms with E-state index >= 15 is 0 Å². The van der Waals surface area contributed by atoms with Gasteiger partial charge in [0.2, 0.25) is 0 Å². The summed E-state index contributed by atoms with van der Waals surface area (Å²) in [5, 5.41) is 0. The summed E-state index contributed by atoms with van der Waals surface area (Å²) < 4.78 is 18.9. The number of nitrogens with two attached hydrogens (primary N) is 1. The lowest BCUT2D eigenvalue weighted by atomic mass is 10.1. The van der Waals surface area contributed by atoms with E-state index in [-0.39, 0.29) is 4.99 Å². The number of ether oxygens (including phenoxy) is 1. The van der Waals surface area contributed by atoms with Gasteiger partial charge in [0.05, 0.1) is 5.56 Å². The van der Waals surface area contributed by atoms with Gasteiger partial charge in [-0.05, 0) is 42.3 Å². The molecule has 2 N–H and O–H groups in total. The third-order valence-electron chi connectivity index (χ3n) is 2.74. The van der Waals surface area contributed by atoms with Crippen molar-refractivity contribution in [1.82, 2.24) is 0 Å². The van der Waals surface area contributed by atoms with Crippen LogP contribution in [0.15, 0.2) is 42.5 Å². The lowest BCUT2D eigenvalue weighted by Crippen LogP contribution is -2.11. The van der Waals surface area contributed by atoms with E-state index in [1.54, 1.807) is 0 Å². The zero-order valence-electron chi connectivity index (χ0n) is 10.5. The molecule has 0 fully saturated rings. The summed E-state index contributed by atoms with van der Waals surface area (Å²) in [7, 11) is 0. The van der Waals surface area contributed by atoms with Crippen LogP contribution in [-0.2, 0) is 6.42 Å². The standard InChI is InChI=1S/C15H14FNOS/c1-2-10-4-3-5-12(8-10)18-14-7-6-11(16)9-13(14)15(17)19/h3-9H,2H2,1H3,(H2,17,19). The molecule has 0 amide bonds. The van der Waals surface area contributed by atoms with Gasteiger partial charge in [-0.1, -0.05) is 31.3 Å². The van der Waals surface area contributed by atoms with Crippen LogP contribution in [-0.4, -0.2) is 4.99 Å². The molecule has 2 rings (SSSR count). The number of rotatable bonds is 4. The van der Waals surface area contributed by atoms with Gasteiger partial charge in [-0.15, -0.1) is 0 Å². The average molecular weight is 275 g/mol. The molecular formula is C15H14FNOS. The number of hydrogen-bond donors (Lipinski definition) is 1. The van der Waals surface area contributed by atoms with Crippen LogP contribution in [0.1, 0.15) is 18.1 Å². The quantitative estimate of drug-likeness (QED) is 0.862. The SMILES string of the molecule is CCc1cccc(Oc2ccc(F)cc2C(N)=S)c1. The highest BCUT2D eigenvalue weighted by Gasteiger charge is 2.09. The minimum absolute atomic E-state index is 0.112. The Labute approximate surface area is 117 Å². The maximum atomic E-state index is 13.2. The Balaban J connectivity index is 2.34.